The maximum absolute atomic E-state index is 13.6. The summed E-state index contributed by atoms with van der Waals surface area (Å²) in [5, 5.41) is 5.94. The summed E-state index contributed by atoms with van der Waals surface area (Å²) >= 11 is 7.61. The number of carbonyl (C=O) groups excluding carboxylic acids is 1. The molecule has 0 atom stereocenters. The smallest absolute Gasteiger partial charge is 0.336 e. The number of para-hydroxylation sites is 1. The molecule has 36 heavy (non-hydrogen) atoms. The van der Waals surface area contributed by atoms with Gasteiger partial charge in [0.25, 0.3) is 5.56 Å². The fourth-order valence-corrected chi connectivity index (χ4v) is 4.85. The summed E-state index contributed by atoms with van der Waals surface area (Å²) in [6.45, 7) is 0.785. The van der Waals surface area contributed by atoms with Gasteiger partial charge in [-0.15, -0.1) is 11.3 Å². The van der Waals surface area contributed by atoms with Gasteiger partial charge < -0.3 is 5.32 Å². The number of carbonyl (C=O) groups is 1. The average Bonchev–Trinajstić information content (AvgIpc) is 3.41. The van der Waals surface area contributed by atoms with Crippen LogP contribution in [0.4, 0.5) is 0 Å². The second-order valence-corrected chi connectivity index (χ2v) is 9.82. The standard InChI is InChI=1S/C28H22ClN3O3S/c29-21-11-7-20(8-12-21)18-31-25-6-2-1-5-24(25)27(34)32(28(31)35)22-13-9-19(10-14-22)16-26(33)30-17-23-4-3-15-36-23/h1-15H,16-18H2,(H,30,33). The van der Waals surface area contributed by atoms with Gasteiger partial charge in [-0.1, -0.05) is 54.1 Å². The van der Waals surface area contributed by atoms with Gasteiger partial charge in [0, 0.05) is 9.90 Å². The molecule has 0 aliphatic rings. The van der Waals surface area contributed by atoms with Crippen molar-refractivity contribution >= 4 is 39.7 Å². The Hall–Kier alpha value is -3.94. The Balaban J connectivity index is 1.46. The molecule has 5 aromatic rings. The Kier molecular flexibility index (Phi) is 6.84. The van der Waals surface area contributed by atoms with E-state index in [1.807, 2.05) is 35.7 Å². The first-order valence-electron chi connectivity index (χ1n) is 11.4. The zero-order valence-corrected chi connectivity index (χ0v) is 20.8. The lowest BCUT2D eigenvalue weighted by Crippen LogP contribution is -2.39. The zero-order chi connectivity index (χ0) is 25.1. The molecule has 1 N–H and O–H groups in total. The fraction of sp³-hybridized carbons (Fsp3) is 0.107. The van der Waals surface area contributed by atoms with Crippen LogP contribution in [-0.2, 0) is 24.3 Å². The number of aromatic nitrogens is 2. The van der Waals surface area contributed by atoms with Crippen molar-refractivity contribution < 1.29 is 4.79 Å². The maximum Gasteiger partial charge on any atom is 0.336 e. The molecule has 3 aromatic carbocycles. The highest BCUT2D eigenvalue weighted by Gasteiger charge is 2.15. The van der Waals surface area contributed by atoms with Crippen molar-refractivity contribution in [1.82, 2.24) is 14.5 Å². The number of halogens is 1. The summed E-state index contributed by atoms with van der Waals surface area (Å²) in [6, 6.07) is 25.2. The van der Waals surface area contributed by atoms with E-state index in [0.717, 1.165) is 16.0 Å². The lowest BCUT2D eigenvalue weighted by atomic mass is 10.1. The SMILES string of the molecule is O=C(Cc1ccc(-n2c(=O)c3ccccc3n(Cc3ccc(Cl)cc3)c2=O)cc1)NCc1cccs1. The lowest BCUT2D eigenvalue weighted by molar-refractivity contribution is -0.120. The van der Waals surface area contributed by atoms with Crippen LogP contribution in [-0.4, -0.2) is 15.0 Å². The number of hydrogen-bond acceptors (Lipinski definition) is 4. The Labute approximate surface area is 216 Å². The van der Waals surface area contributed by atoms with Gasteiger partial charge in [0.15, 0.2) is 0 Å². The van der Waals surface area contributed by atoms with Gasteiger partial charge in [-0.2, -0.15) is 0 Å². The summed E-state index contributed by atoms with van der Waals surface area (Å²) < 4.78 is 2.77. The second-order valence-electron chi connectivity index (χ2n) is 8.35. The van der Waals surface area contributed by atoms with Crippen molar-refractivity contribution in [3.8, 4) is 5.69 Å². The quantitative estimate of drug-likeness (QED) is 0.339. The number of nitrogens with one attached hydrogen (secondary N) is 1. The monoisotopic (exact) mass is 515 g/mol. The number of fused-ring (bicyclic) bond motifs is 1. The molecule has 8 heteroatoms. The van der Waals surface area contributed by atoms with E-state index in [0.29, 0.717) is 34.7 Å². The topological polar surface area (TPSA) is 73.1 Å². The van der Waals surface area contributed by atoms with Gasteiger partial charge in [-0.3, -0.25) is 14.2 Å². The highest BCUT2D eigenvalue weighted by molar-refractivity contribution is 7.09. The molecule has 0 radical (unpaired) electrons. The number of rotatable bonds is 7. The first kappa shape index (κ1) is 23.8. The highest BCUT2D eigenvalue weighted by atomic mass is 35.5. The van der Waals surface area contributed by atoms with E-state index in [4.69, 9.17) is 11.6 Å². The second kappa shape index (κ2) is 10.4. The van der Waals surface area contributed by atoms with Gasteiger partial charge >= 0.3 is 5.69 Å². The molecule has 0 unspecified atom stereocenters. The van der Waals surface area contributed by atoms with Crippen molar-refractivity contribution in [3.63, 3.8) is 0 Å². The minimum absolute atomic E-state index is 0.0932. The highest BCUT2D eigenvalue weighted by Crippen LogP contribution is 2.15. The predicted molar refractivity (Wildman–Crippen MR) is 144 cm³/mol. The molecular formula is C28H22ClN3O3S. The van der Waals surface area contributed by atoms with Crippen molar-refractivity contribution in [2.45, 2.75) is 19.5 Å². The van der Waals surface area contributed by atoms with Crippen LogP contribution in [0.25, 0.3) is 16.6 Å². The van der Waals surface area contributed by atoms with Crippen LogP contribution in [0, 0.1) is 0 Å². The fourth-order valence-electron chi connectivity index (χ4n) is 4.08. The molecule has 0 fully saturated rings. The number of amides is 1. The first-order chi connectivity index (χ1) is 17.5. The van der Waals surface area contributed by atoms with Gasteiger partial charge in [0.05, 0.1) is 36.1 Å². The predicted octanol–water partition coefficient (Wildman–Crippen LogP) is 4.77. The summed E-state index contributed by atoms with van der Waals surface area (Å²) in [4.78, 5) is 40.3. The molecule has 0 aliphatic carbocycles. The van der Waals surface area contributed by atoms with Crippen molar-refractivity contribution in [1.29, 1.82) is 0 Å². The molecule has 0 aliphatic heterocycles. The Morgan fingerprint density at radius 2 is 1.58 bits per heavy atom. The first-order valence-corrected chi connectivity index (χ1v) is 12.6. The normalized spacial score (nSPS) is 11.0. The Morgan fingerprint density at radius 3 is 2.31 bits per heavy atom. The molecule has 2 heterocycles. The summed E-state index contributed by atoms with van der Waals surface area (Å²) in [5.74, 6) is -0.0932. The van der Waals surface area contributed by atoms with E-state index < -0.39 is 5.69 Å². The molecule has 0 spiro atoms. The molecule has 5 rings (SSSR count). The van der Waals surface area contributed by atoms with Crippen molar-refractivity contribution in [2.75, 3.05) is 0 Å². The van der Waals surface area contributed by atoms with Crippen LogP contribution in [0.3, 0.4) is 0 Å². The van der Waals surface area contributed by atoms with E-state index in [2.05, 4.69) is 5.32 Å². The number of benzene rings is 3. The van der Waals surface area contributed by atoms with E-state index >= 15 is 0 Å². The third kappa shape index (κ3) is 5.03. The van der Waals surface area contributed by atoms with Crippen LogP contribution in [0.1, 0.15) is 16.0 Å². The molecule has 0 saturated heterocycles. The number of hydrogen-bond donors (Lipinski definition) is 1. The summed E-state index contributed by atoms with van der Waals surface area (Å²) in [6.07, 6.45) is 0.207. The molecule has 180 valence electrons. The van der Waals surface area contributed by atoms with Gasteiger partial charge in [-0.25, -0.2) is 9.36 Å². The van der Waals surface area contributed by atoms with Crippen LogP contribution in [0.15, 0.2) is 99.9 Å². The molecule has 1 amide bonds. The number of nitrogens with zero attached hydrogens (tertiary/aromatic N) is 2. The van der Waals surface area contributed by atoms with Gasteiger partial charge in [-0.05, 0) is 59.0 Å². The van der Waals surface area contributed by atoms with Crippen LogP contribution < -0.4 is 16.6 Å². The molecular weight excluding hydrogens is 494 g/mol. The van der Waals surface area contributed by atoms with Crippen LogP contribution in [0.5, 0.6) is 0 Å². The molecule has 0 bridgehead atoms. The van der Waals surface area contributed by atoms with Gasteiger partial charge in [0.1, 0.15) is 0 Å². The third-order valence-corrected chi connectivity index (χ3v) is 7.03. The van der Waals surface area contributed by atoms with E-state index in [-0.39, 0.29) is 17.9 Å². The van der Waals surface area contributed by atoms with Gasteiger partial charge in [0.2, 0.25) is 5.91 Å². The molecule has 0 saturated carbocycles. The minimum atomic E-state index is -0.435. The zero-order valence-electron chi connectivity index (χ0n) is 19.2. The Morgan fingerprint density at radius 1 is 0.861 bits per heavy atom. The molecule has 6 nitrogen and oxygen atoms in total. The van der Waals surface area contributed by atoms with Crippen LogP contribution in [0.2, 0.25) is 5.02 Å². The largest absolute Gasteiger partial charge is 0.351 e. The minimum Gasteiger partial charge on any atom is -0.351 e. The Bertz CT molecular complexity index is 1640. The maximum atomic E-state index is 13.6. The van der Waals surface area contributed by atoms with Crippen molar-refractivity contribution in [3.05, 3.63) is 132 Å². The molecule has 2 aromatic heterocycles. The van der Waals surface area contributed by atoms with E-state index in [1.165, 1.54) is 4.57 Å². The van der Waals surface area contributed by atoms with Crippen molar-refractivity contribution in [2.24, 2.45) is 0 Å². The number of thiophene rings is 1. The third-order valence-electron chi connectivity index (χ3n) is 5.90. The summed E-state index contributed by atoms with van der Waals surface area (Å²) in [5.41, 5.74) is 1.87. The van der Waals surface area contributed by atoms with Crippen LogP contribution >= 0.6 is 22.9 Å². The summed E-state index contributed by atoms with van der Waals surface area (Å²) in [7, 11) is 0. The average molecular weight is 516 g/mol. The van der Waals surface area contributed by atoms with E-state index in [1.54, 1.807) is 70.5 Å². The lowest BCUT2D eigenvalue weighted by Gasteiger charge is -2.15. The van der Waals surface area contributed by atoms with E-state index in [9.17, 15) is 14.4 Å².